The molecule has 1 aliphatic heterocycles. The lowest BCUT2D eigenvalue weighted by molar-refractivity contribution is -0.128. The maximum absolute atomic E-state index is 14.0. The van der Waals surface area contributed by atoms with E-state index in [4.69, 9.17) is 4.74 Å². The molecule has 0 bridgehead atoms. The number of nitrogens with one attached hydrogen (secondary N) is 3. The van der Waals surface area contributed by atoms with Crippen LogP contribution in [-0.2, 0) is 16.0 Å². The van der Waals surface area contributed by atoms with Gasteiger partial charge in [-0.25, -0.2) is 9.18 Å². The van der Waals surface area contributed by atoms with E-state index in [9.17, 15) is 18.8 Å². The molecule has 1 fully saturated rings. The fourth-order valence-electron chi connectivity index (χ4n) is 3.77. The molecule has 9 heteroatoms. The molecule has 176 valence electrons. The number of anilines is 1. The highest BCUT2D eigenvalue weighted by atomic mass is 19.1. The quantitative estimate of drug-likeness (QED) is 0.597. The number of amides is 4. The molecule has 0 radical (unpaired) electrons. The Kier molecular flexibility index (Phi) is 8.23. The van der Waals surface area contributed by atoms with Crippen molar-refractivity contribution in [3.05, 3.63) is 59.9 Å². The van der Waals surface area contributed by atoms with Crippen LogP contribution >= 0.6 is 0 Å². The summed E-state index contributed by atoms with van der Waals surface area (Å²) in [5, 5.41) is 8.39. The van der Waals surface area contributed by atoms with Crippen LogP contribution in [0.25, 0.3) is 0 Å². The van der Waals surface area contributed by atoms with Crippen LogP contribution in [0.4, 0.5) is 14.9 Å². The number of nitrogens with zero attached hydrogens (tertiary/aromatic N) is 1. The predicted molar refractivity (Wildman–Crippen MR) is 122 cm³/mol. The first-order valence-corrected chi connectivity index (χ1v) is 10.9. The van der Waals surface area contributed by atoms with E-state index in [1.165, 1.54) is 13.0 Å². The van der Waals surface area contributed by atoms with Gasteiger partial charge in [0.05, 0.1) is 7.11 Å². The predicted octanol–water partition coefficient (Wildman–Crippen LogP) is 2.69. The standard InChI is InChI=1S/C24H29FN4O4/c1-16(30)26-22(14-17-6-3-4-9-21(17)25)23(31)27-18-10-12-29(13-11-18)24(32)28-19-7-5-8-20(15-19)33-2/h3-9,15,18,22H,10-14H2,1-2H3,(H,26,30)(H,27,31)(H,28,32). The van der Waals surface area contributed by atoms with Crippen LogP contribution in [0.15, 0.2) is 48.5 Å². The van der Waals surface area contributed by atoms with Crippen molar-refractivity contribution in [3.8, 4) is 5.75 Å². The minimum Gasteiger partial charge on any atom is -0.497 e. The highest BCUT2D eigenvalue weighted by molar-refractivity contribution is 5.90. The molecule has 1 aliphatic rings. The number of ether oxygens (including phenoxy) is 1. The zero-order chi connectivity index (χ0) is 23.8. The van der Waals surface area contributed by atoms with Crippen molar-refractivity contribution in [2.45, 2.75) is 38.3 Å². The van der Waals surface area contributed by atoms with E-state index in [1.807, 2.05) is 0 Å². The third kappa shape index (κ3) is 6.93. The third-order valence-electron chi connectivity index (χ3n) is 5.53. The summed E-state index contributed by atoms with van der Waals surface area (Å²) < 4.78 is 19.2. The van der Waals surface area contributed by atoms with Crippen LogP contribution in [-0.4, -0.2) is 55.0 Å². The van der Waals surface area contributed by atoms with Gasteiger partial charge < -0.3 is 25.6 Å². The molecule has 0 saturated carbocycles. The molecule has 0 aliphatic carbocycles. The van der Waals surface area contributed by atoms with Gasteiger partial charge in [-0.1, -0.05) is 24.3 Å². The fraction of sp³-hybridized carbons (Fsp3) is 0.375. The van der Waals surface area contributed by atoms with E-state index in [2.05, 4.69) is 16.0 Å². The van der Waals surface area contributed by atoms with Crippen molar-refractivity contribution in [1.29, 1.82) is 0 Å². The van der Waals surface area contributed by atoms with Gasteiger partial charge in [-0.15, -0.1) is 0 Å². The van der Waals surface area contributed by atoms with Gasteiger partial charge in [0.2, 0.25) is 11.8 Å². The largest absolute Gasteiger partial charge is 0.497 e. The smallest absolute Gasteiger partial charge is 0.321 e. The lowest BCUT2D eigenvalue weighted by Crippen LogP contribution is -2.53. The molecule has 4 amide bonds. The molecular formula is C24H29FN4O4. The number of carbonyl (C=O) groups excluding carboxylic acids is 3. The highest BCUT2D eigenvalue weighted by Gasteiger charge is 2.27. The maximum Gasteiger partial charge on any atom is 0.321 e. The van der Waals surface area contributed by atoms with Crippen molar-refractivity contribution >= 4 is 23.5 Å². The molecular weight excluding hydrogens is 427 g/mol. The number of benzene rings is 2. The Bertz CT molecular complexity index is 992. The van der Waals surface area contributed by atoms with Crippen molar-refractivity contribution in [2.24, 2.45) is 0 Å². The van der Waals surface area contributed by atoms with Gasteiger partial charge in [0, 0.05) is 44.2 Å². The summed E-state index contributed by atoms with van der Waals surface area (Å²) in [4.78, 5) is 38.7. The van der Waals surface area contributed by atoms with E-state index >= 15 is 0 Å². The number of methoxy groups -OCH3 is 1. The maximum atomic E-state index is 14.0. The average molecular weight is 457 g/mol. The zero-order valence-corrected chi connectivity index (χ0v) is 18.8. The van der Waals surface area contributed by atoms with E-state index in [0.717, 1.165) is 0 Å². The number of hydrogen-bond acceptors (Lipinski definition) is 4. The molecule has 1 atom stereocenters. The Morgan fingerprint density at radius 1 is 1.12 bits per heavy atom. The lowest BCUT2D eigenvalue weighted by atomic mass is 10.0. The van der Waals surface area contributed by atoms with Crippen molar-refractivity contribution in [3.63, 3.8) is 0 Å². The zero-order valence-electron chi connectivity index (χ0n) is 18.8. The number of likely N-dealkylation sites (tertiary alicyclic amines) is 1. The Balaban J connectivity index is 1.52. The second-order valence-electron chi connectivity index (χ2n) is 7.98. The number of urea groups is 1. The third-order valence-corrected chi connectivity index (χ3v) is 5.53. The Morgan fingerprint density at radius 3 is 2.52 bits per heavy atom. The first kappa shape index (κ1) is 24.0. The molecule has 8 nitrogen and oxygen atoms in total. The van der Waals surface area contributed by atoms with Crippen molar-refractivity contribution in [2.75, 3.05) is 25.5 Å². The summed E-state index contributed by atoms with van der Waals surface area (Å²) in [6.07, 6.45) is 1.20. The fourth-order valence-corrected chi connectivity index (χ4v) is 3.77. The Hall–Kier alpha value is -3.62. The van der Waals surface area contributed by atoms with E-state index in [0.29, 0.717) is 42.9 Å². The highest BCUT2D eigenvalue weighted by Crippen LogP contribution is 2.18. The first-order chi connectivity index (χ1) is 15.9. The molecule has 2 aromatic carbocycles. The number of piperidine rings is 1. The average Bonchev–Trinajstić information content (AvgIpc) is 2.80. The molecule has 1 saturated heterocycles. The minimum atomic E-state index is -0.881. The van der Waals surface area contributed by atoms with Crippen molar-refractivity contribution in [1.82, 2.24) is 15.5 Å². The number of halogens is 1. The van der Waals surface area contributed by atoms with E-state index in [-0.39, 0.29) is 30.3 Å². The SMILES string of the molecule is COc1cccc(NC(=O)N2CCC(NC(=O)C(Cc3ccccc3F)NC(C)=O)CC2)c1. The summed E-state index contributed by atoms with van der Waals surface area (Å²) in [5.41, 5.74) is 0.997. The van der Waals surface area contributed by atoms with Gasteiger partial charge >= 0.3 is 6.03 Å². The summed E-state index contributed by atoms with van der Waals surface area (Å²) in [7, 11) is 1.56. The van der Waals surface area contributed by atoms with E-state index < -0.39 is 11.9 Å². The Morgan fingerprint density at radius 2 is 1.85 bits per heavy atom. The molecule has 0 spiro atoms. The van der Waals surface area contributed by atoms with Crippen molar-refractivity contribution < 1.29 is 23.5 Å². The topological polar surface area (TPSA) is 99.8 Å². The molecule has 1 heterocycles. The van der Waals surface area contributed by atoms with Gasteiger partial charge in [-0.05, 0) is 36.6 Å². The molecule has 0 aromatic heterocycles. The van der Waals surface area contributed by atoms with Crippen LogP contribution in [0.2, 0.25) is 0 Å². The van der Waals surface area contributed by atoms with E-state index in [1.54, 1.807) is 54.5 Å². The normalized spacial score (nSPS) is 14.8. The van der Waals surface area contributed by atoms with Crippen LogP contribution in [0, 0.1) is 5.82 Å². The molecule has 2 aromatic rings. The number of hydrogen-bond donors (Lipinski definition) is 3. The van der Waals surface area contributed by atoms with Gasteiger partial charge in [-0.3, -0.25) is 9.59 Å². The molecule has 33 heavy (non-hydrogen) atoms. The second kappa shape index (κ2) is 11.3. The molecule has 3 N–H and O–H groups in total. The first-order valence-electron chi connectivity index (χ1n) is 10.9. The summed E-state index contributed by atoms with van der Waals surface area (Å²) in [5.74, 6) is -0.502. The lowest BCUT2D eigenvalue weighted by Gasteiger charge is -2.33. The molecule has 3 rings (SSSR count). The number of carbonyl (C=O) groups is 3. The van der Waals surface area contributed by atoms with Gasteiger partial charge in [0.25, 0.3) is 0 Å². The minimum absolute atomic E-state index is 0.0554. The molecule has 1 unspecified atom stereocenters. The second-order valence-corrected chi connectivity index (χ2v) is 7.98. The van der Waals surface area contributed by atoms with Gasteiger partial charge in [0.1, 0.15) is 17.6 Å². The summed E-state index contributed by atoms with van der Waals surface area (Å²) in [6.45, 7) is 2.26. The van der Waals surface area contributed by atoms with Gasteiger partial charge in [0.15, 0.2) is 0 Å². The van der Waals surface area contributed by atoms with Crippen LogP contribution in [0.3, 0.4) is 0 Å². The number of rotatable bonds is 7. The van der Waals surface area contributed by atoms with Crippen LogP contribution in [0.1, 0.15) is 25.3 Å². The van der Waals surface area contributed by atoms with Gasteiger partial charge in [-0.2, -0.15) is 0 Å². The monoisotopic (exact) mass is 456 g/mol. The summed E-state index contributed by atoms with van der Waals surface area (Å²) >= 11 is 0. The van der Waals surface area contributed by atoms with Crippen LogP contribution < -0.4 is 20.7 Å². The Labute approximate surface area is 192 Å². The van der Waals surface area contributed by atoms with Crippen LogP contribution in [0.5, 0.6) is 5.75 Å². The summed E-state index contributed by atoms with van der Waals surface area (Å²) in [6, 6.07) is 12.0.